The number of benzene rings is 6. The molecule has 6 rings (SSSR count). The molecule has 70 heavy (non-hydrogen) atoms. The van der Waals surface area contributed by atoms with Crippen molar-refractivity contribution in [2.45, 2.75) is 77.4 Å². The van der Waals surface area contributed by atoms with Gasteiger partial charge in [-0.05, 0) is 131 Å². The second-order valence-corrected chi connectivity index (χ2v) is 19.0. The van der Waals surface area contributed by atoms with Crippen molar-refractivity contribution in [1.29, 1.82) is 0 Å². The lowest BCUT2D eigenvalue weighted by molar-refractivity contribution is -0.190. The van der Waals surface area contributed by atoms with Crippen molar-refractivity contribution in [3.63, 3.8) is 0 Å². The predicted molar refractivity (Wildman–Crippen MR) is 280 cm³/mol. The molecule has 0 aliphatic carbocycles. The van der Waals surface area contributed by atoms with Gasteiger partial charge in [-0.3, -0.25) is 19.3 Å². The zero-order valence-corrected chi connectivity index (χ0v) is 43.9. The number of hydrogen-bond acceptors (Lipinski definition) is 10. The maximum Gasteiger partial charge on any atom is 0.694 e. The molecule has 6 aromatic carbocycles. The summed E-state index contributed by atoms with van der Waals surface area (Å²) in [6.45, 7) is 4.58. The van der Waals surface area contributed by atoms with Crippen LogP contribution in [0.1, 0.15) is 86.5 Å². The van der Waals surface area contributed by atoms with Gasteiger partial charge in [-0.2, -0.15) is 0 Å². The van der Waals surface area contributed by atoms with E-state index in [2.05, 4.69) is 24.3 Å². The normalized spacial score (nSPS) is 12.2. The molecule has 2 amide bonds. The Bertz CT molecular complexity index is 2470. The molecule has 0 aliphatic rings. The van der Waals surface area contributed by atoms with Gasteiger partial charge < -0.3 is 12.3 Å². The summed E-state index contributed by atoms with van der Waals surface area (Å²) in [6, 6.07) is 39.2. The van der Waals surface area contributed by atoms with Crippen molar-refractivity contribution < 1.29 is 47.2 Å². The van der Waals surface area contributed by atoms with Gasteiger partial charge in [0.25, 0.3) is 0 Å². The molecule has 6 aromatic rings. The number of hydrogen-bond donors (Lipinski definition) is 4. The summed E-state index contributed by atoms with van der Waals surface area (Å²) in [5.41, 5.74) is 3.89. The van der Waals surface area contributed by atoms with Gasteiger partial charge in [-0.1, -0.05) is 131 Å². The lowest BCUT2D eigenvalue weighted by atomic mass is 9.91. The Balaban J connectivity index is 0.000000360. The number of hydroxylamine groups is 4. The number of nitrogens with zero attached hydrogens (tertiary/aromatic N) is 2. The quantitative estimate of drug-likeness (QED) is 0.0252. The molecular weight excluding hydrogens is 1020 g/mol. The maximum absolute atomic E-state index is 12.2. The Morgan fingerprint density at radius 3 is 1.23 bits per heavy atom. The van der Waals surface area contributed by atoms with E-state index in [0.29, 0.717) is 71.7 Å². The first kappa shape index (κ1) is 60.1. The van der Waals surface area contributed by atoms with E-state index in [4.69, 9.17) is 74.9 Å². The van der Waals surface area contributed by atoms with E-state index in [1.807, 2.05) is 84.9 Å². The second kappa shape index (κ2) is 31.3. The Labute approximate surface area is 431 Å². The molecule has 20 heteroatoms. The van der Waals surface area contributed by atoms with E-state index in [1.54, 1.807) is 12.1 Å². The third kappa shape index (κ3) is 20.1. The minimum Gasteiger partial charge on any atom is -0.344 e. The molecule has 376 valence electrons. The van der Waals surface area contributed by atoms with Crippen LogP contribution in [0.5, 0.6) is 0 Å². The zero-order chi connectivity index (χ0) is 49.0. The van der Waals surface area contributed by atoms with Crippen LogP contribution in [0.25, 0.3) is 21.5 Å². The van der Waals surface area contributed by atoms with Crippen LogP contribution >= 0.6 is 62.9 Å². The summed E-state index contributed by atoms with van der Waals surface area (Å²) in [6.07, 6.45) is 3.73. The third-order valence-corrected chi connectivity index (χ3v) is 13.4. The lowest BCUT2D eigenvalue weighted by Crippen LogP contribution is -2.30. The molecule has 8 N–H and O–H groups in total. The molecule has 4 atom stereocenters. The van der Waals surface area contributed by atoms with Gasteiger partial charge in [0.05, 0.1) is 20.1 Å². The highest BCUT2D eigenvalue weighted by Crippen LogP contribution is 2.33. The molecule has 0 fully saturated rings. The Kier molecular flexibility index (Phi) is 26.9. The van der Waals surface area contributed by atoms with E-state index >= 15 is 0 Å². The highest BCUT2D eigenvalue weighted by Gasteiger charge is 2.21. The molecule has 0 aromatic heterocycles. The van der Waals surface area contributed by atoms with Gasteiger partial charge in [-0.25, -0.2) is 10.1 Å². The number of carbonyl (C=O) groups excluding carboxylic acids is 2. The van der Waals surface area contributed by atoms with Gasteiger partial charge in [-0.15, -0.1) is 18.8 Å². The van der Waals surface area contributed by atoms with Crippen LogP contribution in [-0.4, -0.2) is 58.0 Å². The summed E-state index contributed by atoms with van der Waals surface area (Å²) in [7, 11) is -5.24. The van der Waals surface area contributed by atoms with E-state index < -0.39 is 16.5 Å². The largest absolute Gasteiger partial charge is 0.694 e. The molecule has 4 unspecified atom stereocenters. The Morgan fingerprint density at radius 1 is 0.514 bits per heavy atom. The van der Waals surface area contributed by atoms with Crippen molar-refractivity contribution in [3.8, 4) is 0 Å². The summed E-state index contributed by atoms with van der Waals surface area (Å²) in [5.74, 6) is -0.314. The minimum absolute atomic E-state index is 0. The number of carbonyl (C=O) groups is 2. The van der Waals surface area contributed by atoms with E-state index in [9.17, 15) is 18.7 Å². The first-order valence-corrected chi connectivity index (χ1v) is 25.7. The molecule has 14 nitrogen and oxygen atoms in total. The summed E-state index contributed by atoms with van der Waals surface area (Å²) in [5, 5.41) is 9.12. The average Bonchev–Trinajstić information content (AvgIpc) is 3.31. The molecule has 0 spiro atoms. The molecule has 0 radical (unpaired) electrons. The standard InChI is InChI=1S/2C25H26Cl2NO5P.2H3N/c2*1-18(29)28(32-17-19-8-9-20-5-2-3-6-22(20)15-19)13-12-21(7-4-14-33-34(30)31)23-10-11-24(26)25(27)16-23;;/h2*2-3,5-6,8-11,15-16,21H,4,7,12-14,17H2,1H3;2*1H3/p+2. The van der Waals surface area contributed by atoms with Crippen LogP contribution in [0.15, 0.2) is 121 Å². The first-order valence-electron chi connectivity index (χ1n) is 21.9. The monoisotopic (exact) mass is 1080 g/mol. The Hall–Kier alpha value is -4.18. The van der Waals surface area contributed by atoms with Crippen LogP contribution in [0, 0.1) is 0 Å². The van der Waals surface area contributed by atoms with Crippen LogP contribution < -0.4 is 12.3 Å². The van der Waals surface area contributed by atoms with Gasteiger partial charge in [0.15, 0.2) is 0 Å². The third-order valence-electron chi connectivity index (χ3n) is 11.1. The SMILES string of the molecule is CC(=O)N(CCC(CCCO[P+](=O)O)c1ccc(Cl)c(Cl)c1)OCc1ccc2ccccc2c1.CC(=O)N(CCC(CCCO[P+](=O)O)c1ccc(Cl)c(Cl)c1)OCc1ccc2ccccc2c1.N.N. The van der Waals surface area contributed by atoms with E-state index in [-0.39, 0.29) is 62.4 Å². The summed E-state index contributed by atoms with van der Waals surface area (Å²) in [4.78, 5) is 53.9. The van der Waals surface area contributed by atoms with Crippen LogP contribution in [0.4, 0.5) is 0 Å². The van der Waals surface area contributed by atoms with E-state index in [1.165, 1.54) is 24.0 Å². The lowest BCUT2D eigenvalue weighted by Gasteiger charge is -2.24. The van der Waals surface area contributed by atoms with Gasteiger partial charge in [0.1, 0.15) is 26.4 Å². The van der Waals surface area contributed by atoms with Crippen LogP contribution in [0.2, 0.25) is 20.1 Å². The number of amides is 2. The van der Waals surface area contributed by atoms with Crippen molar-refractivity contribution >= 4 is 96.3 Å². The molecular formula is C50H60Cl4N4O10P2+2. The molecule has 0 saturated carbocycles. The smallest absolute Gasteiger partial charge is 0.344 e. The number of rotatable bonds is 24. The van der Waals surface area contributed by atoms with E-state index in [0.717, 1.165) is 43.8 Å². The number of fused-ring (bicyclic) bond motifs is 2. The van der Waals surface area contributed by atoms with Crippen molar-refractivity contribution in [2.75, 3.05) is 26.3 Å². The first-order chi connectivity index (χ1) is 32.7. The topological polar surface area (TPSA) is 222 Å². The van der Waals surface area contributed by atoms with Gasteiger partial charge in [0, 0.05) is 36.1 Å². The predicted octanol–water partition coefficient (Wildman–Crippen LogP) is 14.4. The fraction of sp³-hybridized carbons (Fsp3) is 0.320. The van der Waals surface area contributed by atoms with Gasteiger partial charge >= 0.3 is 16.5 Å². The van der Waals surface area contributed by atoms with Crippen LogP contribution in [0.3, 0.4) is 0 Å². The summed E-state index contributed by atoms with van der Waals surface area (Å²) < 4.78 is 31.1. The molecule has 0 bridgehead atoms. The van der Waals surface area contributed by atoms with Crippen molar-refractivity contribution in [1.82, 2.24) is 22.4 Å². The maximum atomic E-state index is 12.2. The zero-order valence-electron chi connectivity index (χ0n) is 39.1. The fourth-order valence-corrected chi connectivity index (χ4v) is 8.75. The van der Waals surface area contributed by atoms with Crippen molar-refractivity contribution in [2.24, 2.45) is 0 Å². The van der Waals surface area contributed by atoms with Crippen LogP contribution in [-0.2, 0) is 50.7 Å². The second-order valence-electron chi connectivity index (χ2n) is 15.9. The highest BCUT2D eigenvalue weighted by atomic mass is 35.5. The highest BCUT2D eigenvalue weighted by molar-refractivity contribution is 7.32. The van der Waals surface area contributed by atoms with Crippen molar-refractivity contribution in [3.05, 3.63) is 164 Å². The molecule has 0 heterocycles. The molecule has 0 saturated heterocycles. The van der Waals surface area contributed by atoms with Gasteiger partial charge in [0.2, 0.25) is 11.8 Å². The fourth-order valence-electron chi connectivity index (χ4n) is 7.57. The molecule has 0 aliphatic heterocycles. The average molecular weight is 1080 g/mol. The minimum atomic E-state index is -2.62. The summed E-state index contributed by atoms with van der Waals surface area (Å²) >= 11 is 24.6. The Morgan fingerprint density at radius 2 is 0.886 bits per heavy atom. The number of halogens is 4.